The van der Waals surface area contributed by atoms with E-state index in [1.165, 1.54) is 4.90 Å². The zero-order chi connectivity index (χ0) is 16.2. The molecule has 1 aromatic carbocycles. The van der Waals surface area contributed by atoms with E-state index < -0.39 is 17.3 Å². The number of rotatable bonds is 6. The summed E-state index contributed by atoms with van der Waals surface area (Å²) < 4.78 is 13.7. The molecule has 0 atom stereocenters. The Labute approximate surface area is 122 Å². The normalized spacial score (nSPS) is 10.3. The molecule has 0 aliphatic rings. The highest BCUT2D eigenvalue weighted by atomic mass is 19.1. The van der Waals surface area contributed by atoms with Gasteiger partial charge in [0.15, 0.2) is 0 Å². The first-order valence-corrected chi connectivity index (χ1v) is 6.63. The van der Waals surface area contributed by atoms with Crippen molar-refractivity contribution in [2.24, 2.45) is 0 Å². The van der Waals surface area contributed by atoms with E-state index in [2.05, 4.69) is 0 Å². The predicted molar refractivity (Wildman–Crippen MR) is 79.0 cm³/mol. The van der Waals surface area contributed by atoms with Crippen LogP contribution in [-0.4, -0.2) is 48.6 Å². The number of halogens is 1. The number of amides is 1. The summed E-state index contributed by atoms with van der Waals surface area (Å²) in [4.78, 5) is 26.0. The van der Waals surface area contributed by atoms with Crippen LogP contribution in [0, 0.1) is 5.82 Å². The second-order valence-corrected chi connectivity index (χ2v) is 4.62. The molecule has 1 rings (SSSR count). The van der Waals surface area contributed by atoms with Crippen LogP contribution in [0.5, 0.6) is 0 Å². The third-order valence-electron chi connectivity index (χ3n) is 3.25. The highest BCUT2D eigenvalue weighted by Gasteiger charge is 2.18. The molecule has 3 N–H and O–H groups in total. The van der Waals surface area contributed by atoms with Gasteiger partial charge in [0.1, 0.15) is 5.82 Å². The molecule has 21 heavy (non-hydrogen) atoms. The number of nitrogen functional groups attached to an aromatic ring is 1. The monoisotopic (exact) mass is 297 g/mol. The summed E-state index contributed by atoms with van der Waals surface area (Å²) in [6.45, 7) is 4.96. The number of aromatic carboxylic acids is 1. The second kappa shape index (κ2) is 6.92. The zero-order valence-corrected chi connectivity index (χ0v) is 12.4. The lowest BCUT2D eigenvalue weighted by Gasteiger charge is -2.25. The summed E-state index contributed by atoms with van der Waals surface area (Å²) in [5, 5.41) is 8.83. The average molecular weight is 297 g/mol. The molecule has 0 bridgehead atoms. The van der Waals surface area contributed by atoms with Crippen LogP contribution in [0.15, 0.2) is 12.1 Å². The number of hydrogen-bond donors (Lipinski definition) is 2. The molecular formula is C14H20FN3O3. The van der Waals surface area contributed by atoms with Crippen LogP contribution in [-0.2, 0) is 4.79 Å². The Balaban J connectivity index is 2.98. The molecule has 1 amide bonds. The van der Waals surface area contributed by atoms with Gasteiger partial charge in [-0.25, -0.2) is 9.18 Å². The van der Waals surface area contributed by atoms with Crippen LogP contribution in [0.25, 0.3) is 0 Å². The summed E-state index contributed by atoms with van der Waals surface area (Å²) >= 11 is 0. The maximum absolute atomic E-state index is 13.7. The van der Waals surface area contributed by atoms with Crippen molar-refractivity contribution < 1.29 is 19.1 Å². The van der Waals surface area contributed by atoms with Gasteiger partial charge in [0.2, 0.25) is 5.91 Å². The van der Waals surface area contributed by atoms with Crippen molar-refractivity contribution in [1.82, 2.24) is 4.90 Å². The van der Waals surface area contributed by atoms with Crippen LogP contribution in [0.4, 0.5) is 15.8 Å². The van der Waals surface area contributed by atoms with Crippen molar-refractivity contribution in [3.63, 3.8) is 0 Å². The van der Waals surface area contributed by atoms with Crippen LogP contribution >= 0.6 is 0 Å². The number of benzene rings is 1. The molecule has 0 radical (unpaired) electrons. The Kier molecular flexibility index (Phi) is 5.52. The smallest absolute Gasteiger partial charge is 0.338 e. The Morgan fingerprint density at radius 1 is 1.29 bits per heavy atom. The highest BCUT2D eigenvalue weighted by molar-refractivity contribution is 5.91. The third kappa shape index (κ3) is 3.84. The van der Waals surface area contributed by atoms with E-state index >= 15 is 0 Å². The zero-order valence-electron chi connectivity index (χ0n) is 12.4. The van der Waals surface area contributed by atoms with E-state index in [1.54, 1.807) is 11.9 Å². The molecule has 6 nitrogen and oxygen atoms in total. The predicted octanol–water partition coefficient (Wildman–Crippen LogP) is 1.41. The summed E-state index contributed by atoms with van der Waals surface area (Å²) in [5.74, 6) is -2.37. The maximum atomic E-state index is 13.7. The van der Waals surface area contributed by atoms with Gasteiger partial charge in [0.25, 0.3) is 0 Å². The van der Waals surface area contributed by atoms with Gasteiger partial charge in [-0.3, -0.25) is 4.79 Å². The van der Waals surface area contributed by atoms with Gasteiger partial charge in [-0.15, -0.1) is 0 Å². The quantitative estimate of drug-likeness (QED) is 0.775. The summed E-state index contributed by atoms with van der Waals surface area (Å²) in [6, 6.07) is 2.10. The SMILES string of the molecule is CCN(CC)C(=O)CN(C)c1cc(F)c(C(=O)O)cc1N. The van der Waals surface area contributed by atoms with E-state index in [0.717, 1.165) is 12.1 Å². The van der Waals surface area contributed by atoms with Gasteiger partial charge in [-0.2, -0.15) is 0 Å². The van der Waals surface area contributed by atoms with Gasteiger partial charge in [-0.1, -0.05) is 0 Å². The second-order valence-electron chi connectivity index (χ2n) is 4.62. The molecule has 0 aromatic heterocycles. The molecule has 0 aliphatic heterocycles. The molecule has 0 aliphatic carbocycles. The van der Waals surface area contributed by atoms with Gasteiger partial charge in [0, 0.05) is 26.2 Å². The van der Waals surface area contributed by atoms with Crippen molar-refractivity contribution >= 4 is 23.3 Å². The molecule has 0 saturated carbocycles. The topological polar surface area (TPSA) is 86.9 Å². The minimum absolute atomic E-state index is 0.0394. The first-order valence-electron chi connectivity index (χ1n) is 6.63. The third-order valence-corrected chi connectivity index (χ3v) is 3.25. The number of carbonyl (C=O) groups excluding carboxylic acids is 1. The van der Waals surface area contributed by atoms with Crippen LogP contribution in [0.3, 0.4) is 0 Å². The van der Waals surface area contributed by atoms with Crippen molar-refractivity contribution in [3.8, 4) is 0 Å². The Hall–Kier alpha value is -2.31. The fourth-order valence-corrected chi connectivity index (χ4v) is 2.04. The van der Waals surface area contributed by atoms with E-state index in [9.17, 15) is 14.0 Å². The van der Waals surface area contributed by atoms with E-state index in [1.807, 2.05) is 13.8 Å². The van der Waals surface area contributed by atoms with E-state index in [4.69, 9.17) is 10.8 Å². The number of likely N-dealkylation sites (N-methyl/N-ethyl adjacent to an activating group) is 2. The molecule has 7 heteroatoms. The summed E-state index contributed by atoms with van der Waals surface area (Å²) in [6.07, 6.45) is 0. The fourth-order valence-electron chi connectivity index (χ4n) is 2.04. The number of carboxylic acid groups (broad SMARTS) is 1. The average Bonchev–Trinajstić information content (AvgIpc) is 2.41. The fraction of sp³-hybridized carbons (Fsp3) is 0.429. The van der Waals surface area contributed by atoms with Crippen LogP contribution < -0.4 is 10.6 Å². The first-order chi connectivity index (χ1) is 9.81. The number of nitrogens with two attached hydrogens (primary N) is 1. The summed E-state index contributed by atoms with van der Waals surface area (Å²) in [7, 11) is 1.60. The van der Waals surface area contributed by atoms with Gasteiger partial charge >= 0.3 is 5.97 Å². The summed E-state index contributed by atoms with van der Waals surface area (Å²) in [5.41, 5.74) is 5.67. The largest absolute Gasteiger partial charge is 0.478 e. The molecule has 0 heterocycles. The molecule has 116 valence electrons. The molecule has 0 saturated heterocycles. The van der Waals surface area contributed by atoms with Gasteiger partial charge in [0.05, 0.1) is 23.5 Å². The number of nitrogens with zero attached hydrogens (tertiary/aromatic N) is 2. The Morgan fingerprint density at radius 3 is 2.33 bits per heavy atom. The van der Waals surface area contributed by atoms with Crippen molar-refractivity contribution in [2.75, 3.05) is 37.3 Å². The minimum atomic E-state index is -1.38. The molecule has 0 fully saturated rings. The van der Waals surface area contributed by atoms with Crippen molar-refractivity contribution in [1.29, 1.82) is 0 Å². The number of hydrogen-bond acceptors (Lipinski definition) is 4. The lowest BCUT2D eigenvalue weighted by molar-refractivity contribution is -0.129. The van der Waals surface area contributed by atoms with Crippen molar-refractivity contribution in [2.45, 2.75) is 13.8 Å². The number of anilines is 2. The van der Waals surface area contributed by atoms with Gasteiger partial charge in [-0.05, 0) is 19.9 Å². The van der Waals surface area contributed by atoms with Crippen molar-refractivity contribution in [3.05, 3.63) is 23.5 Å². The lowest BCUT2D eigenvalue weighted by atomic mass is 10.1. The van der Waals surface area contributed by atoms with Crippen LogP contribution in [0.1, 0.15) is 24.2 Å². The molecule has 0 spiro atoms. The number of carbonyl (C=O) groups is 2. The molecular weight excluding hydrogens is 277 g/mol. The Morgan fingerprint density at radius 2 is 1.86 bits per heavy atom. The minimum Gasteiger partial charge on any atom is -0.478 e. The molecule has 0 unspecified atom stereocenters. The lowest BCUT2D eigenvalue weighted by Crippen LogP contribution is -2.39. The Bertz CT molecular complexity index is 545. The maximum Gasteiger partial charge on any atom is 0.338 e. The standard InChI is InChI=1S/C14H20FN3O3/c1-4-18(5-2)13(19)8-17(3)12-7-10(15)9(14(20)21)6-11(12)16/h6-7H,4-5,8,16H2,1-3H3,(H,20,21). The number of carboxylic acids is 1. The highest BCUT2D eigenvalue weighted by Crippen LogP contribution is 2.26. The van der Waals surface area contributed by atoms with E-state index in [0.29, 0.717) is 13.1 Å². The first kappa shape index (κ1) is 16.7. The van der Waals surface area contributed by atoms with Gasteiger partial charge < -0.3 is 20.6 Å². The molecule has 1 aromatic rings. The van der Waals surface area contributed by atoms with E-state index in [-0.39, 0.29) is 23.8 Å². The van der Waals surface area contributed by atoms with Crippen LogP contribution in [0.2, 0.25) is 0 Å².